The van der Waals surface area contributed by atoms with E-state index in [1.54, 1.807) is 6.92 Å². The van der Waals surface area contributed by atoms with Gasteiger partial charge in [-0.1, -0.05) is 27.7 Å². The zero-order valence-electron chi connectivity index (χ0n) is 11.8. The Hall–Kier alpha value is -0.530. The molecular weight excluding hydrogens is 198 g/mol. The van der Waals surface area contributed by atoms with Crippen molar-refractivity contribution in [2.24, 2.45) is 29.6 Å². The Labute approximate surface area is 100 Å². The maximum Gasteiger partial charge on any atom is 0.217 e. The average molecular weight is 225 g/mol. The first-order valence-corrected chi connectivity index (χ1v) is 6.47. The van der Waals surface area contributed by atoms with Gasteiger partial charge in [0.15, 0.2) is 0 Å². The number of nitrogens with one attached hydrogen (secondary N) is 1. The van der Waals surface area contributed by atoms with Gasteiger partial charge in [-0.15, -0.1) is 0 Å². The lowest BCUT2D eigenvalue weighted by Crippen LogP contribution is -2.51. The summed E-state index contributed by atoms with van der Waals surface area (Å²) in [7, 11) is 0. The molecule has 1 aliphatic rings. The summed E-state index contributed by atoms with van der Waals surface area (Å²) in [6.07, 6.45) is 0. The molecule has 0 saturated heterocycles. The van der Waals surface area contributed by atoms with Crippen molar-refractivity contribution in [1.82, 2.24) is 5.32 Å². The molecule has 4 atom stereocenters. The van der Waals surface area contributed by atoms with Crippen LogP contribution >= 0.6 is 0 Å². The van der Waals surface area contributed by atoms with Crippen molar-refractivity contribution in [2.75, 3.05) is 0 Å². The quantitative estimate of drug-likeness (QED) is 0.769. The van der Waals surface area contributed by atoms with Crippen LogP contribution in [0.25, 0.3) is 0 Å². The molecule has 1 saturated carbocycles. The molecule has 1 N–H and O–H groups in total. The van der Waals surface area contributed by atoms with Crippen molar-refractivity contribution < 1.29 is 4.79 Å². The summed E-state index contributed by atoms with van der Waals surface area (Å²) in [6.45, 7) is 15.3. The predicted molar refractivity (Wildman–Crippen MR) is 68.0 cm³/mol. The largest absolute Gasteiger partial charge is 0.351 e. The molecule has 0 aromatic carbocycles. The molecule has 1 rings (SSSR count). The molecule has 0 radical (unpaired) electrons. The Kier molecular flexibility index (Phi) is 3.71. The van der Waals surface area contributed by atoms with E-state index in [1.165, 1.54) is 0 Å². The summed E-state index contributed by atoms with van der Waals surface area (Å²) >= 11 is 0. The maximum atomic E-state index is 11.3. The summed E-state index contributed by atoms with van der Waals surface area (Å²) in [5.74, 6) is 3.48. The Bertz CT molecular complexity index is 258. The average Bonchev–Trinajstić information content (AvgIpc) is 2.29. The molecule has 94 valence electrons. The Morgan fingerprint density at radius 2 is 1.31 bits per heavy atom. The SMILES string of the molecule is CC(=O)NC(C)(C)C1C(C)C(C)C(C)C1C. The molecule has 4 unspecified atom stereocenters. The predicted octanol–water partition coefficient (Wildman–Crippen LogP) is 3.08. The van der Waals surface area contributed by atoms with Crippen LogP contribution in [0.3, 0.4) is 0 Å². The fraction of sp³-hybridized carbons (Fsp3) is 0.929. The lowest BCUT2D eigenvalue weighted by molar-refractivity contribution is -0.121. The molecule has 1 fully saturated rings. The molecule has 2 heteroatoms. The minimum Gasteiger partial charge on any atom is -0.351 e. The lowest BCUT2D eigenvalue weighted by Gasteiger charge is -2.38. The number of hydrogen-bond donors (Lipinski definition) is 1. The van der Waals surface area contributed by atoms with Gasteiger partial charge >= 0.3 is 0 Å². The number of hydrogen-bond acceptors (Lipinski definition) is 1. The molecule has 0 heterocycles. The monoisotopic (exact) mass is 225 g/mol. The van der Waals surface area contributed by atoms with Crippen molar-refractivity contribution >= 4 is 5.91 Å². The maximum absolute atomic E-state index is 11.3. The highest BCUT2D eigenvalue weighted by Crippen LogP contribution is 2.49. The van der Waals surface area contributed by atoms with Gasteiger partial charge in [0.05, 0.1) is 0 Å². The van der Waals surface area contributed by atoms with E-state index in [9.17, 15) is 4.79 Å². The van der Waals surface area contributed by atoms with Crippen molar-refractivity contribution in [1.29, 1.82) is 0 Å². The Morgan fingerprint density at radius 3 is 1.62 bits per heavy atom. The minimum atomic E-state index is -0.0936. The fourth-order valence-electron chi connectivity index (χ4n) is 3.94. The smallest absolute Gasteiger partial charge is 0.217 e. The number of amides is 1. The summed E-state index contributed by atoms with van der Waals surface area (Å²) in [5.41, 5.74) is -0.0936. The molecule has 1 aliphatic carbocycles. The molecule has 1 amide bonds. The van der Waals surface area contributed by atoms with Crippen molar-refractivity contribution in [2.45, 2.75) is 54.0 Å². The van der Waals surface area contributed by atoms with Gasteiger partial charge < -0.3 is 5.32 Å². The van der Waals surface area contributed by atoms with Crippen molar-refractivity contribution in [3.05, 3.63) is 0 Å². The molecular formula is C14H27NO. The van der Waals surface area contributed by atoms with Crippen LogP contribution in [0, 0.1) is 29.6 Å². The molecule has 0 aromatic heterocycles. The van der Waals surface area contributed by atoms with Gasteiger partial charge in [0.25, 0.3) is 0 Å². The summed E-state index contributed by atoms with van der Waals surface area (Å²) in [5, 5.41) is 3.12. The highest BCUT2D eigenvalue weighted by Gasteiger charge is 2.48. The van der Waals surface area contributed by atoms with E-state index in [0.29, 0.717) is 17.8 Å². The molecule has 2 nitrogen and oxygen atoms in total. The van der Waals surface area contributed by atoms with Crippen LogP contribution in [0.5, 0.6) is 0 Å². The van der Waals surface area contributed by atoms with Crippen LogP contribution in [-0.4, -0.2) is 11.4 Å². The molecule has 0 aliphatic heterocycles. The van der Waals surface area contributed by atoms with Crippen molar-refractivity contribution in [3.63, 3.8) is 0 Å². The highest BCUT2D eigenvalue weighted by molar-refractivity contribution is 5.73. The summed E-state index contributed by atoms with van der Waals surface area (Å²) < 4.78 is 0. The van der Waals surface area contributed by atoms with Gasteiger partial charge in [0, 0.05) is 12.5 Å². The summed E-state index contributed by atoms with van der Waals surface area (Å²) in [6, 6.07) is 0. The first-order chi connectivity index (χ1) is 7.18. The number of carbonyl (C=O) groups excluding carboxylic acids is 1. The second-order valence-corrected chi connectivity index (χ2v) is 6.37. The van der Waals surface area contributed by atoms with E-state index in [4.69, 9.17) is 0 Å². The summed E-state index contributed by atoms with van der Waals surface area (Å²) in [4.78, 5) is 11.3. The van der Waals surface area contributed by atoms with Crippen LogP contribution in [-0.2, 0) is 4.79 Å². The third-order valence-electron chi connectivity index (χ3n) is 4.95. The van der Waals surface area contributed by atoms with E-state index in [2.05, 4.69) is 46.9 Å². The molecule has 0 spiro atoms. The Balaban J connectivity index is 2.91. The zero-order chi connectivity index (χ0) is 12.7. The van der Waals surface area contributed by atoms with E-state index in [-0.39, 0.29) is 11.4 Å². The van der Waals surface area contributed by atoms with Gasteiger partial charge in [0.1, 0.15) is 0 Å². The van der Waals surface area contributed by atoms with Crippen LogP contribution in [0.1, 0.15) is 48.5 Å². The van der Waals surface area contributed by atoms with Gasteiger partial charge in [-0.2, -0.15) is 0 Å². The second-order valence-electron chi connectivity index (χ2n) is 6.37. The van der Waals surface area contributed by atoms with Gasteiger partial charge in [-0.3, -0.25) is 4.79 Å². The van der Waals surface area contributed by atoms with Gasteiger partial charge in [-0.25, -0.2) is 0 Å². The first-order valence-electron chi connectivity index (χ1n) is 6.47. The minimum absolute atomic E-state index is 0.0802. The molecule has 16 heavy (non-hydrogen) atoms. The lowest BCUT2D eigenvalue weighted by atomic mass is 9.75. The van der Waals surface area contributed by atoms with Gasteiger partial charge in [0.2, 0.25) is 5.91 Å². The van der Waals surface area contributed by atoms with Crippen LogP contribution < -0.4 is 5.32 Å². The van der Waals surface area contributed by atoms with Crippen LogP contribution in [0.2, 0.25) is 0 Å². The third kappa shape index (κ3) is 2.26. The van der Waals surface area contributed by atoms with Crippen LogP contribution in [0.4, 0.5) is 0 Å². The normalized spacial score (nSPS) is 39.8. The highest BCUT2D eigenvalue weighted by atomic mass is 16.1. The van der Waals surface area contributed by atoms with Crippen LogP contribution in [0.15, 0.2) is 0 Å². The third-order valence-corrected chi connectivity index (χ3v) is 4.95. The standard InChI is InChI=1S/C14H27NO/c1-8-9(2)11(4)13(10(8)3)14(6,7)15-12(5)16/h8-11,13H,1-7H3,(H,15,16). The van der Waals surface area contributed by atoms with Gasteiger partial charge in [-0.05, 0) is 43.4 Å². The first kappa shape index (κ1) is 13.5. The topological polar surface area (TPSA) is 29.1 Å². The second kappa shape index (κ2) is 4.38. The van der Waals surface area contributed by atoms with E-state index in [1.807, 2.05) is 0 Å². The van der Waals surface area contributed by atoms with Crippen molar-refractivity contribution in [3.8, 4) is 0 Å². The van der Waals surface area contributed by atoms with E-state index >= 15 is 0 Å². The fourth-order valence-corrected chi connectivity index (χ4v) is 3.94. The number of carbonyl (C=O) groups is 1. The Morgan fingerprint density at radius 1 is 0.938 bits per heavy atom. The zero-order valence-corrected chi connectivity index (χ0v) is 11.8. The van der Waals surface area contributed by atoms with E-state index in [0.717, 1.165) is 11.8 Å². The molecule has 0 bridgehead atoms. The molecule has 0 aromatic rings. The van der Waals surface area contributed by atoms with E-state index < -0.39 is 0 Å². The number of rotatable bonds is 2.